The van der Waals surface area contributed by atoms with E-state index in [4.69, 9.17) is 0 Å². The molecule has 4 unspecified atom stereocenters. The first-order chi connectivity index (χ1) is 15.2. The van der Waals surface area contributed by atoms with Crippen molar-refractivity contribution in [1.29, 1.82) is 0 Å². The molecule has 3 aliphatic heterocycles. The van der Waals surface area contributed by atoms with Gasteiger partial charge in [0.25, 0.3) is 0 Å². The van der Waals surface area contributed by atoms with Gasteiger partial charge in [0, 0.05) is 25.2 Å². The lowest BCUT2D eigenvalue weighted by atomic mass is 9.81. The van der Waals surface area contributed by atoms with Crippen LogP contribution in [-0.2, 0) is 14.4 Å². The Balaban J connectivity index is 1.43. The first-order valence-corrected chi connectivity index (χ1v) is 10.5. The van der Waals surface area contributed by atoms with Gasteiger partial charge in [0.2, 0.25) is 17.7 Å². The minimum Gasteiger partial charge on any atom is -0.406 e. The number of alkyl halides is 3. The zero-order valence-corrected chi connectivity index (χ0v) is 17.1. The third kappa shape index (κ3) is 5.13. The summed E-state index contributed by atoms with van der Waals surface area (Å²) in [5.74, 6) is -3.44. The lowest BCUT2D eigenvalue weighted by Crippen LogP contribution is -2.74. The normalized spacial score (nSPS) is 28.8. The molecule has 0 saturated carbocycles. The van der Waals surface area contributed by atoms with Crippen molar-refractivity contribution in [2.75, 3.05) is 18.4 Å². The van der Waals surface area contributed by atoms with Gasteiger partial charge in [-0.25, -0.2) is 0 Å². The summed E-state index contributed by atoms with van der Waals surface area (Å²) in [4.78, 5) is 40.1. The molecule has 3 heterocycles. The topological polar surface area (TPSA) is 112 Å². The highest BCUT2D eigenvalue weighted by molar-refractivity contribution is 6.00. The second kappa shape index (κ2) is 8.94. The van der Waals surface area contributed by atoms with Gasteiger partial charge < -0.3 is 20.7 Å². The Hall–Kier alpha value is -2.86. The molecule has 4 N–H and O–H groups in total. The zero-order chi connectivity index (χ0) is 22.9. The molecule has 9 nitrogen and oxygen atoms in total. The summed E-state index contributed by atoms with van der Waals surface area (Å²) in [7, 11) is 0. The fourth-order valence-corrected chi connectivity index (χ4v) is 4.41. The zero-order valence-electron chi connectivity index (χ0n) is 17.1. The largest absolute Gasteiger partial charge is 0.573 e. The average Bonchev–Trinajstić information content (AvgIpc) is 2.73. The Morgan fingerprint density at radius 2 is 1.75 bits per heavy atom. The van der Waals surface area contributed by atoms with Crippen LogP contribution in [0.3, 0.4) is 0 Å². The van der Waals surface area contributed by atoms with Gasteiger partial charge in [-0.2, -0.15) is 0 Å². The number of fused-ring (bicyclic) bond motifs is 1. The minimum atomic E-state index is -4.82. The Labute approximate surface area is 182 Å². The van der Waals surface area contributed by atoms with Crippen LogP contribution in [-0.4, -0.2) is 54.5 Å². The second-order valence-corrected chi connectivity index (χ2v) is 8.12. The van der Waals surface area contributed by atoms with Gasteiger partial charge in [0.15, 0.2) is 0 Å². The number of ether oxygens (including phenoxy) is 1. The number of amides is 3. The molecule has 0 radical (unpaired) electrons. The van der Waals surface area contributed by atoms with Crippen LogP contribution < -0.4 is 26.0 Å². The van der Waals surface area contributed by atoms with Crippen LogP contribution in [0, 0.1) is 11.8 Å². The van der Waals surface area contributed by atoms with E-state index in [9.17, 15) is 27.6 Å². The number of anilines is 1. The quantitative estimate of drug-likeness (QED) is 0.541. The highest BCUT2D eigenvalue weighted by Gasteiger charge is 2.49. The molecule has 4 rings (SSSR count). The van der Waals surface area contributed by atoms with E-state index in [1.165, 1.54) is 12.1 Å². The van der Waals surface area contributed by atoms with Crippen LogP contribution in [0.2, 0.25) is 0 Å². The van der Waals surface area contributed by atoms with E-state index in [2.05, 4.69) is 30.9 Å². The van der Waals surface area contributed by atoms with E-state index in [0.29, 0.717) is 0 Å². The molecule has 0 aromatic heterocycles. The maximum absolute atomic E-state index is 12.9. The van der Waals surface area contributed by atoms with Crippen molar-refractivity contribution in [1.82, 2.24) is 20.9 Å². The fourth-order valence-electron chi connectivity index (χ4n) is 4.41. The number of benzene rings is 1. The molecule has 3 saturated heterocycles. The SMILES string of the molecule is O=C1CC(C(=O)Nc2ccc(OC(F)(F)F)cc2)C2C(=O)NC(N3CCCCC3)NC2N1. The van der Waals surface area contributed by atoms with Gasteiger partial charge in [-0.05, 0) is 37.1 Å². The van der Waals surface area contributed by atoms with Gasteiger partial charge in [0.1, 0.15) is 12.0 Å². The molecule has 3 fully saturated rings. The summed E-state index contributed by atoms with van der Waals surface area (Å²) in [5.41, 5.74) is 0.224. The molecule has 3 amide bonds. The van der Waals surface area contributed by atoms with Gasteiger partial charge in [0.05, 0.1) is 18.0 Å². The van der Waals surface area contributed by atoms with E-state index >= 15 is 0 Å². The third-order valence-corrected chi connectivity index (χ3v) is 5.88. The van der Waals surface area contributed by atoms with Gasteiger partial charge in [-0.1, -0.05) is 6.42 Å². The summed E-state index contributed by atoms with van der Waals surface area (Å²) in [6.45, 7) is 1.64. The molecule has 4 atom stereocenters. The Kier molecular flexibility index (Phi) is 6.24. The van der Waals surface area contributed by atoms with Crippen molar-refractivity contribution in [2.45, 2.75) is 44.5 Å². The monoisotopic (exact) mass is 455 g/mol. The maximum atomic E-state index is 12.9. The number of likely N-dealkylation sites (tertiary alicyclic amines) is 1. The van der Waals surface area contributed by atoms with E-state index in [1.54, 1.807) is 0 Å². The van der Waals surface area contributed by atoms with Crippen LogP contribution in [0.4, 0.5) is 18.9 Å². The van der Waals surface area contributed by atoms with E-state index in [0.717, 1.165) is 44.5 Å². The summed E-state index contributed by atoms with van der Waals surface area (Å²) in [5, 5.41) is 11.5. The van der Waals surface area contributed by atoms with Gasteiger partial charge in [-0.3, -0.25) is 24.6 Å². The molecule has 0 aliphatic carbocycles. The van der Waals surface area contributed by atoms with Gasteiger partial charge in [-0.15, -0.1) is 13.2 Å². The third-order valence-electron chi connectivity index (χ3n) is 5.88. The van der Waals surface area contributed by atoms with Crippen molar-refractivity contribution in [3.8, 4) is 5.75 Å². The first kappa shape index (κ1) is 22.3. The smallest absolute Gasteiger partial charge is 0.406 e. The van der Waals surface area contributed by atoms with Crippen molar-refractivity contribution in [2.24, 2.45) is 11.8 Å². The number of nitrogens with zero attached hydrogens (tertiary/aromatic N) is 1. The first-order valence-electron chi connectivity index (χ1n) is 10.5. The number of halogens is 3. The fraction of sp³-hybridized carbons (Fsp3) is 0.550. The number of piperidine rings is 2. The van der Waals surface area contributed by atoms with E-state index in [-0.39, 0.29) is 23.9 Å². The molecular weight excluding hydrogens is 431 g/mol. The molecule has 1 aromatic carbocycles. The predicted octanol–water partition coefficient (Wildman–Crippen LogP) is 1.09. The van der Waals surface area contributed by atoms with Crippen molar-refractivity contribution >= 4 is 23.4 Å². The number of carbonyl (C=O) groups is 3. The highest BCUT2D eigenvalue weighted by Crippen LogP contribution is 2.29. The highest BCUT2D eigenvalue weighted by atomic mass is 19.4. The Bertz CT molecular complexity index is 873. The van der Waals surface area contributed by atoms with Crippen molar-refractivity contribution in [3.05, 3.63) is 24.3 Å². The molecule has 0 spiro atoms. The molecule has 174 valence electrons. The average molecular weight is 455 g/mol. The number of rotatable bonds is 4. The lowest BCUT2D eigenvalue weighted by molar-refractivity contribution is -0.274. The molecule has 32 heavy (non-hydrogen) atoms. The molecule has 12 heteroatoms. The van der Waals surface area contributed by atoms with Crippen LogP contribution in [0.1, 0.15) is 25.7 Å². The number of nitrogens with one attached hydrogen (secondary N) is 4. The summed E-state index contributed by atoms with van der Waals surface area (Å²) >= 11 is 0. The van der Waals surface area contributed by atoms with Crippen LogP contribution in [0.15, 0.2) is 24.3 Å². The summed E-state index contributed by atoms with van der Waals surface area (Å²) < 4.78 is 40.7. The van der Waals surface area contributed by atoms with Crippen LogP contribution in [0.5, 0.6) is 5.75 Å². The van der Waals surface area contributed by atoms with E-state index < -0.39 is 42.3 Å². The van der Waals surface area contributed by atoms with Crippen molar-refractivity contribution in [3.63, 3.8) is 0 Å². The molecule has 0 bridgehead atoms. The number of hydrogen-bond donors (Lipinski definition) is 4. The van der Waals surface area contributed by atoms with Crippen LogP contribution in [0.25, 0.3) is 0 Å². The lowest BCUT2D eigenvalue weighted by Gasteiger charge is -2.46. The Morgan fingerprint density at radius 3 is 2.41 bits per heavy atom. The minimum absolute atomic E-state index is 0.175. The molecule has 1 aromatic rings. The predicted molar refractivity (Wildman–Crippen MR) is 106 cm³/mol. The second-order valence-electron chi connectivity index (χ2n) is 8.12. The number of carbonyl (C=O) groups excluding carboxylic acids is 3. The van der Waals surface area contributed by atoms with Gasteiger partial charge >= 0.3 is 6.36 Å². The standard InChI is InChI=1S/C20H24F3N5O4/c21-20(22,23)32-12-6-4-11(5-7-12)24-17(30)13-10-14(29)25-16-15(13)18(31)27-19(26-16)28-8-2-1-3-9-28/h4-7,13,15-16,19,26H,1-3,8-10H2,(H,24,30)(H,25,29)(H,27,31). The van der Waals surface area contributed by atoms with Crippen molar-refractivity contribution < 1.29 is 32.3 Å². The van der Waals surface area contributed by atoms with E-state index in [1.807, 2.05) is 0 Å². The molecular formula is C20H24F3N5O4. The summed E-state index contributed by atoms with van der Waals surface area (Å²) in [6.07, 6.45) is -2.94. The Morgan fingerprint density at radius 1 is 1.06 bits per heavy atom. The van der Waals surface area contributed by atoms with Crippen LogP contribution >= 0.6 is 0 Å². The number of hydrogen-bond acceptors (Lipinski definition) is 6. The maximum Gasteiger partial charge on any atom is 0.573 e. The summed E-state index contributed by atoms with van der Waals surface area (Å²) in [6, 6.07) is 4.64. The molecule has 3 aliphatic rings.